The molecule has 1 N–H and O–H groups in total. The molecule has 0 spiro atoms. The van der Waals surface area contributed by atoms with Crippen molar-refractivity contribution in [1.29, 1.82) is 0 Å². The van der Waals surface area contributed by atoms with Gasteiger partial charge in [-0.1, -0.05) is 25.1 Å². The average molecular weight is 297 g/mol. The average Bonchev–Trinajstić information content (AvgIpc) is 2.96. The van der Waals surface area contributed by atoms with E-state index in [4.69, 9.17) is 0 Å². The molecule has 0 saturated heterocycles. The van der Waals surface area contributed by atoms with Crippen LogP contribution in [0.1, 0.15) is 19.8 Å². The summed E-state index contributed by atoms with van der Waals surface area (Å²) in [5, 5.41) is 4.56. The smallest absolute Gasteiger partial charge is 0.273 e. The van der Waals surface area contributed by atoms with Gasteiger partial charge >= 0.3 is 0 Å². The van der Waals surface area contributed by atoms with Gasteiger partial charge in [0, 0.05) is 6.42 Å². The molecule has 7 nitrogen and oxygen atoms in total. The topological polar surface area (TPSA) is 81.8 Å². The molecule has 0 atom stereocenters. The second-order valence-electron chi connectivity index (χ2n) is 4.83. The van der Waals surface area contributed by atoms with E-state index in [1.165, 1.54) is 12.5 Å². The van der Waals surface area contributed by atoms with E-state index < -0.39 is 0 Å². The Morgan fingerprint density at radius 1 is 1.27 bits per heavy atom. The monoisotopic (exact) mass is 297 g/mol. The van der Waals surface area contributed by atoms with Crippen LogP contribution in [0.25, 0.3) is 16.7 Å². The summed E-state index contributed by atoms with van der Waals surface area (Å²) in [6.07, 6.45) is 3.83. The van der Waals surface area contributed by atoms with E-state index in [9.17, 15) is 9.59 Å². The first kappa shape index (κ1) is 14.0. The number of para-hydroxylation sites is 1. The van der Waals surface area contributed by atoms with Gasteiger partial charge in [-0.3, -0.25) is 15.0 Å². The van der Waals surface area contributed by atoms with Gasteiger partial charge in [-0.05, 0) is 18.6 Å². The summed E-state index contributed by atoms with van der Waals surface area (Å²) < 4.78 is 2.69. The molecule has 1 amide bonds. The fraction of sp³-hybridized carbons (Fsp3) is 0.200. The number of hydrogen-bond acceptors (Lipinski definition) is 4. The molecule has 0 radical (unpaired) electrons. The fourth-order valence-corrected chi connectivity index (χ4v) is 2.17. The third-order valence-electron chi connectivity index (χ3n) is 3.21. The van der Waals surface area contributed by atoms with Crippen LogP contribution in [0, 0.1) is 0 Å². The van der Waals surface area contributed by atoms with E-state index >= 15 is 0 Å². The van der Waals surface area contributed by atoms with Gasteiger partial charge in [-0.15, -0.1) is 0 Å². The van der Waals surface area contributed by atoms with E-state index in [0.29, 0.717) is 23.9 Å². The van der Waals surface area contributed by atoms with E-state index in [1.54, 1.807) is 4.68 Å². The van der Waals surface area contributed by atoms with Crippen molar-refractivity contribution in [3.05, 3.63) is 53.2 Å². The van der Waals surface area contributed by atoms with Crippen LogP contribution < -0.4 is 11.0 Å². The maximum Gasteiger partial charge on any atom is 0.283 e. The number of rotatable bonds is 4. The molecule has 0 bridgehead atoms. The summed E-state index contributed by atoms with van der Waals surface area (Å²) in [5.41, 5.74) is 3.44. The van der Waals surface area contributed by atoms with Crippen molar-refractivity contribution < 1.29 is 4.79 Å². The molecule has 0 aliphatic carbocycles. The minimum atomic E-state index is -0.350. The summed E-state index contributed by atoms with van der Waals surface area (Å²) in [4.78, 5) is 28.2. The van der Waals surface area contributed by atoms with E-state index in [-0.39, 0.29) is 11.5 Å². The largest absolute Gasteiger partial charge is 0.283 e. The Balaban J connectivity index is 2.04. The summed E-state index contributed by atoms with van der Waals surface area (Å²) in [7, 11) is 0. The number of hydrogen-bond donors (Lipinski definition) is 1. The number of fused-ring (bicyclic) bond motifs is 1. The Kier molecular flexibility index (Phi) is 3.69. The molecular formula is C15H15N5O2. The first-order valence-corrected chi connectivity index (χ1v) is 7.01. The number of carbonyl (C=O) groups is 1. The molecule has 112 valence electrons. The molecule has 0 aliphatic rings. The first-order chi connectivity index (χ1) is 10.7. The van der Waals surface area contributed by atoms with Gasteiger partial charge in [0.25, 0.3) is 5.56 Å². The van der Waals surface area contributed by atoms with Crippen molar-refractivity contribution in [3.8, 4) is 5.69 Å². The second-order valence-corrected chi connectivity index (χ2v) is 4.83. The SMILES string of the molecule is CCCC(=O)Nn1cnc2c(cnn2-c2ccccc2)c1=O. The third kappa shape index (κ3) is 2.48. The van der Waals surface area contributed by atoms with Crippen LogP contribution >= 0.6 is 0 Å². The van der Waals surface area contributed by atoms with Crippen molar-refractivity contribution >= 4 is 16.9 Å². The maximum atomic E-state index is 12.4. The van der Waals surface area contributed by atoms with Crippen LogP contribution in [0.4, 0.5) is 0 Å². The number of benzene rings is 1. The van der Waals surface area contributed by atoms with Crippen LogP contribution in [0.15, 0.2) is 47.7 Å². The second kappa shape index (κ2) is 5.80. The Hall–Kier alpha value is -2.96. The van der Waals surface area contributed by atoms with E-state index in [1.807, 2.05) is 37.3 Å². The highest BCUT2D eigenvalue weighted by Gasteiger charge is 2.12. The highest BCUT2D eigenvalue weighted by atomic mass is 16.2. The van der Waals surface area contributed by atoms with Crippen molar-refractivity contribution in [2.45, 2.75) is 19.8 Å². The fourth-order valence-electron chi connectivity index (χ4n) is 2.17. The molecule has 22 heavy (non-hydrogen) atoms. The van der Waals surface area contributed by atoms with Crippen LogP contribution in [0.2, 0.25) is 0 Å². The number of nitrogens with zero attached hydrogens (tertiary/aromatic N) is 4. The number of carbonyl (C=O) groups excluding carboxylic acids is 1. The highest BCUT2D eigenvalue weighted by Crippen LogP contribution is 2.12. The van der Waals surface area contributed by atoms with E-state index in [2.05, 4.69) is 15.5 Å². The van der Waals surface area contributed by atoms with Gasteiger partial charge in [0.05, 0.1) is 11.9 Å². The molecule has 2 aromatic heterocycles. The molecule has 1 aromatic carbocycles. The zero-order valence-corrected chi connectivity index (χ0v) is 12.1. The molecule has 7 heteroatoms. The Morgan fingerprint density at radius 2 is 2.05 bits per heavy atom. The van der Waals surface area contributed by atoms with Gasteiger partial charge in [0.1, 0.15) is 11.7 Å². The summed E-state index contributed by atoms with van der Waals surface area (Å²) in [6, 6.07) is 9.42. The zero-order valence-electron chi connectivity index (χ0n) is 12.1. The predicted molar refractivity (Wildman–Crippen MR) is 82.4 cm³/mol. The summed E-state index contributed by atoms with van der Waals surface area (Å²) >= 11 is 0. The predicted octanol–water partition coefficient (Wildman–Crippen LogP) is 1.45. The van der Waals surface area contributed by atoms with Crippen molar-refractivity contribution in [3.63, 3.8) is 0 Å². The van der Waals surface area contributed by atoms with Crippen LogP contribution in [-0.4, -0.2) is 25.3 Å². The molecule has 2 heterocycles. The lowest BCUT2D eigenvalue weighted by molar-refractivity contribution is -0.117. The Bertz CT molecular complexity index is 867. The number of nitrogens with one attached hydrogen (secondary N) is 1. The van der Waals surface area contributed by atoms with Gasteiger partial charge in [0.2, 0.25) is 5.91 Å². The van der Waals surface area contributed by atoms with Gasteiger partial charge in [-0.25, -0.2) is 14.3 Å². The van der Waals surface area contributed by atoms with Crippen molar-refractivity contribution in [2.75, 3.05) is 5.43 Å². The quantitative estimate of drug-likeness (QED) is 0.790. The van der Waals surface area contributed by atoms with Crippen LogP contribution in [-0.2, 0) is 4.79 Å². The first-order valence-electron chi connectivity index (χ1n) is 7.01. The molecule has 3 aromatic rings. The van der Waals surface area contributed by atoms with E-state index in [0.717, 1.165) is 10.4 Å². The zero-order chi connectivity index (χ0) is 15.5. The molecule has 3 rings (SSSR count). The summed E-state index contributed by atoms with van der Waals surface area (Å²) in [6.45, 7) is 1.90. The summed E-state index contributed by atoms with van der Waals surface area (Å²) in [5.74, 6) is -0.221. The van der Waals surface area contributed by atoms with Crippen LogP contribution in [0.3, 0.4) is 0 Å². The third-order valence-corrected chi connectivity index (χ3v) is 3.21. The normalized spacial score (nSPS) is 10.8. The number of aromatic nitrogens is 4. The molecular weight excluding hydrogens is 282 g/mol. The van der Waals surface area contributed by atoms with Gasteiger partial charge < -0.3 is 0 Å². The molecule has 0 saturated carbocycles. The Morgan fingerprint density at radius 3 is 2.77 bits per heavy atom. The molecule has 0 fully saturated rings. The minimum Gasteiger partial charge on any atom is -0.273 e. The lowest BCUT2D eigenvalue weighted by Crippen LogP contribution is -2.33. The Labute approximate surface area is 126 Å². The van der Waals surface area contributed by atoms with Crippen molar-refractivity contribution in [2.24, 2.45) is 0 Å². The van der Waals surface area contributed by atoms with Gasteiger partial charge in [0.15, 0.2) is 5.65 Å². The lowest BCUT2D eigenvalue weighted by atomic mass is 10.3. The minimum absolute atomic E-state index is 0.221. The standard InChI is InChI=1S/C15H15N5O2/c1-2-6-13(21)18-19-10-16-14-12(15(19)22)9-17-20(14)11-7-4-3-5-8-11/h3-5,7-10H,2,6H2,1H3,(H,18,21). The van der Waals surface area contributed by atoms with Crippen LogP contribution in [0.5, 0.6) is 0 Å². The van der Waals surface area contributed by atoms with Gasteiger partial charge in [-0.2, -0.15) is 5.10 Å². The highest BCUT2D eigenvalue weighted by molar-refractivity contribution is 5.84. The van der Waals surface area contributed by atoms with Crippen molar-refractivity contribution in [1.82, 2.24) is 19.4 Å². The number of amides is 1. The lowest BCUT2D eigenvalue weighted by Gasteiger charge is -2.07. The molecule has 0 unspecified atom stereocenters. The molecule has 0 aliphatic heterocycles. The maximum absolute atomic E-state index is 12.4.